The van der Waals surface area contributed by atoms with E-state index >= 15 is 0 Å². The van der Waals surface area contributed by atoms with E-state index in [9.17, 15) is 14.7 Å². The van der Waals surface area contributed by atoms with Crippen LogP contribution in [0.3, 0.4) is 0 Å². The molecule has 0 saturated heterocycles. The molecule has 33 heavy (non-hydrogen) atoms. The average Bonchev–Trinajstić information content (AvgIpc) is 2.79. The molecule has 2 aliphatic rings. The molecule has 0 spiro atoms. The normalized spacial score (nSPS) is 26.9. The van der Waals surface area contributed by atoms with Crippen molar-refractivity contribution < 1.29 is 19.4 Å². The van der Waals surface area contributed by atoms with Gasteiger partial charge in [-0.3, -0.25) is 9.69 Å². The molecule has 8 heteroatoms. The summed E-state index contributed by atoms with van der Waals surface area (Å²) in [6.07, 6.45) is 2.97. The fourth-order valence-corrected chi connectivity index (χ4v) is 5.15. The molecule has 176 valence electrons. The van der Waals surface area contributed by atoms with Crippen molar-refractivity contribution >= 4 is 39.2 Å². The fraction of sp³-hybridized carbons (Fsp3) is 0.440. The molecule has 4 rings (SSSR count). The maximum atomic E-state index is 13.8. The van der Waals surface area contributed by atoms with Gasteiger partial charge in [-0.1, -0.05) is 42.6 Å². The van der Waals surface area contributed by atoms with Crippen LogP contribution in [0.5, 0.6) is 5.75 Å². The zero-order valence-corrected chi connectivity index (χ0v) is 20.7. The van der Waals surface area contributed by atoms with Gasteiger partial charge in [-0.05, 0) is 67.6 Å². The van der Waals surface area contributed by atoms with Crippen molar-refractivity contribution in [2.24, 2.45) is 11.8 Å². The first-order valence-electron chi connectivity index (χ1n) is 11.4. The minimum atomic E-state index is -2.23. The van der Waals surface area contributed by atoms with E-state index in [1.807, 2.05) is 6.92 Å². The average molecular weight is 516 g/mol. The second kappa shape index (κ2) is 9.35. The number of amides is 3. The van der Waals surface area contributed by atoms with E-state index in [2.05, 4.69) is 40.4 Å². The highest BCUT2D eigenvalue weighted by atomic mass is 79.9. The summed E-state index contributed by atoms with van der Waals surface area (Å²) < 4.78 is 6.19. The van der Waals surface area contributed by atoms with Gasteiger partial charge < -0.3 is 20.5 Å². The number of urea groups is 1. The molecular formula is C25H30BrN3O4. The SMILES string of the molecule is CCOc1ccc(N2C(=O)Nc3ccc(Br)cc3[C@]2(O)C(=O)N[C@@H]2CCC[C@@H](C)[C@H]2C)cc1. The van der Waals surface area contributed by atoms with Gasteiger partial charge in [0.2, 0.25) is 0 Å². The number of fused-ring (bicyclic) bond motifs is 1. The molecule has 1 aliphatic carbocycles. The van der Waals surface area contributed by atoms with Crippen LogP contribution in [0.4, 0.5) is 16.2 Å². The van der Waals surface area contributed by atoms with Crippen LogP contribution >= 0.6 is 15.9 Å². The lowest BCUT2D eigenvalue weighted by Crippen LogP contribution is -2.64. The predicted octanol–water partition coefficient (Wildman–Crippen LogP) is 4.99. The number of rotatable bonds is 5. The van der Waals surface area contributed by atoms with Crippen molar-refractivity contribution in [2.45, 2.75) is 51.8 Å². The number of hydrogen-bond acceptors (Lipinski definition) is 4. The fourth-order valence-electron chi connectivity index (χ4n) is 4.79. The molecule has 1 aliphatic heterocycles. The minimum Gasteiger partial charge on any atom is -0.494 e. The molecular weight excluding hydrogens is 486 g/mol. The van der Waals surface area contributed by atoms with Crippen molar-refractivity contribution in [2.75, 3.05) is 16.8 Å². The highest BCUT2D eigenvalue weighted by Gasteiger charge is 2.53. The van der Waals surface area contributed by atoms with E-state index in [4.69, 9.17) is 4.74 Å². The highest BCUT2D eigenvalue weighted by molar-refractivity contribution is 9.10. The third-order valence-electron chi connectivity index (χ3n) is 6.87. The number of carbonyl (C=O) groups excluding carboxylic acids is 2. The van der Waals surface area contributed by atoms with Gasteiger partial charge in [0.1, 0.15) is 5.75 Å². The molecule has 7 nitrogen and oxygen atoms in total. The van der Waals surface area contributed by atoms with Gasteiger partial charge in [0, 0.05) is 21.8 Å². The summed E-state index contributed by atoms with van der Waals surface area (Å²) in [5, 5.41) is 17.9. The summed E-state index contributed by atoms with van der Waals surface area (Å²) in [6.45, 7) is 6.71. The Kier molecular flexibility index (Phi) is 6.68. The van der Waals surface area contributed by atoms with E-state index < -0.39 is 17.7 Å². The van der Waals surface area contributed by atoms with Crippen LogP contribution in [0.1, 0.15) is 45.6 Å². The lowest BCUT2D eigenvalue weighted by atomic mass is 9.78. The maximum absolute atomic E-state index is 13.8. The van der Waals surface area contributed by atoms with Crippen LogP contribution in [0.25, 0.3) is 0 Å². The summed E-state index contributed by atoms with van der Waals surface area (Å²) >= 11 is 3.43. The molecule has 2 aromatic rings. The van der Waals surface area contributed by atoms with Gasteiger partial charge in [0.05, 0.1) is 12.3 Å². The second-order valence-corrected chi connectivity index (χ2v) is 9.82. The number of benzene rings is 2. The Hall–Kier alpha value is -2.58. The Bertz CT molecular complexity index is 1040. The van der Waals surface area contributed by atoms with E-state index in [-0.39, 0.29) is 12.0 Å². The molecule has 1 heterocycles. The molecule has 4 atom stereocenters. The first-order valence-corrected chi connectivity index (χ1v) is 12.2. The monoisotopic (exact) mass is 515 g/mol. The summed E-state index contributed by atoms with van der Waals surface area (Å²) in [5.74, 6) is 0.762. The molecule has 0 bridgehead atoms. The number of carbonyl (C=O) groups is 2. The van der Waals surface area contributed by atoms with Gasteiger partial charge in [-0.15, -0.1) is 0 Å². The standard InChI is InChI=1S/C25H30BrN3O4/c1-4-33-19-11-9-18(10-12-19)29-24(31)28-22-13-8-17(26)14-20(22)25(29,32)23(30)27-21-7-5-6-15(2)16(21)3/h8-16,21,32H,4-7H2,1-3H3,(H,27,30)(H,28,31)/t15-,16-,21-,25+/m1/s1. The van der Waals surface area contributed by atoms with Gasteiger partial charge in [0.15, 0.2) is 0 Å². The molecule has 0 aromatic heterocycles. The largest absolute Gasteiger partial charge is 0.494 e. The Balaban J connectivity index is 1.77. The Morgan fingerprint density at radius 3 is 2.67 bits per heavy atom. The first kappa shape index (κ1) is 23.6. The molecule has 1 fully saturated rings. The van der Waals surface area contributed by atoms with Crippen LogP contribution in [0, 0.1) is 11.8 Å². The zero-order chi connectivity index (χ0) is 23.8. The van der Waals surface area contributed by atoms with Crippen molar-refractivity contribution in [1.82, 2.24) is 5.32 Å². The molecule has 3 amide bonds. The smallest absolute Gasteiger partial charge is 0.329 e. The third-order valence-corrected chi connectivity index (χ3v) is 7.36. The Labute approximate surface area is 202 Å². The molecule has 0 unspecified atom stereocenters. The number of nitrogens with zero attached hydrogens (tertiary/aromatic N) is 1. The number of hydrogen-bond donors (Lipinski definition) is 3. The molecule has 1 saturated carbocycles. The molecule has 3 N–H and O–H groups in total. The summed E-state index contributed by atoms with van der Waals surface area (Å²) in [7, 11) is 0. The topological polar surface area (TPSA) is 90.9 Å². The van der Waals surface area contributed by atoms with E-state index in [1.54, 1.807) is 42.5 Å². The number of aliphatic hydroxyl groups is 1. The van der Waals surface area contributed by atoms with Gasteiger partial charge in [-0.2, -0.15) is 0 Å². The van der Waals surface area contributed by atoms with Crippen molar-refractivity contribution in [3.63, 3.8) is 0 Å². The summed E-state index contributed by atoms with van der Waals surface area (Å²) in [4.78, 5) is 28.1. The Morgan fingerprint density at radius 2 is 1.97 bits per heavy atom. The van der Waals surface area contributed by atoms with Crippen molar-refractivity contribution in [1.29, 1.82) is 0 Å². The first-order chi connectivity index (χ1) is 15.8. The van der Waals surface area contributed by atoms with Crippen LogP contribution < -0.4 is 20.3 Å². The molecule has 0 radical (unpaired) electrons. The lowest BCUT2D eigenvalue weighted by Gasteiger charge is -2.44. The lowest BCUT2D eigenvalue weighted by molar-refractivity contribution is -0.141. The summed E-state index contributed by atoms with van der Waals surface area (Å²) in [5.41, 5.74) is -1.15. The predicted molar refractivity (Wildman–Crippen MR) is 131 cm³/mol. The Morgan fingerprint density at radius 1 is 1.24 bits per heavy atom. The van der Waals surface area contributed by atoms with Crippen molar-refractivity contribution in [3.05, 3.63) is 52.5 Å². The number of anilines is 2. The third kappa shape index (κ3) is 4.34. The highest BCUT2D eigenvalue weighted by Crippen LogP contribution is 2.42. The van der Waals surface area contributed by atoms with Crippen molar-refractivity contribution in [3.8, 4) is 5.75 Å². The molecule has 2 aromatic carbocycles. The number of nitrogens with one attached hydrogen (secondary N) is 2. The van der Waals surface area contributed by atoms with Crippen LogP contribution in [-0.4, -0.2) is 29.7 Å². The van der Waals surface area contributed by atoms with E-state index in [0.29, 0.717) is 39.7 Å². The van der Waals surface area contributed by atoms with Crippen LogP contribution in [-0.2, 0) is 10.5 Å². The second-order valence-electron chi connectivity index (χ2n) is 8.90. The quantitative estimate of drug-likeness (QED) is 0.523. The number of ether oxygens (including phenoxy) is 1. The summed E-state index contributed by atoms with van der Waals surface area (Å²) in [6, 6.07) is 11.2. The van der Waals surface area contributed by atoms with E-state index in [1.165, 1.54) is 0 Å². The van der Waals surface area contributed by atoms with Gasteiger partial charge in [0.25, 0.3) is 11.6 Å². The van der Waals surface area contributed by atoms with Gasteiger partial charge >= 0.3 is 6.03 Å². The minimum absolute atomic E-state index is 0.0759. The zero-order valence-electron chi connectivity index (χ0n) is 19.1. The van der Waals surface area contributed by atoms with E-state index in [0.717, 1.165) is 24.2 Å². The van der Waals surface area contributed by atoms with Gasteiger partial charge in [-0.25, -0.2) is 4.79 Å². The number of halogens is 1. The maximum Gasteiger partial charge on any atom is 0.329 e. The van der Waals surface area contributed by atoms with Crippen LogP contribution in [0.2, 0.25) is 0 Å². The van der Waals surface area contributed by atoms with Crippen LogP contribution in [0.15, 0.2) is 46.9 Å².